The molecular weight excluding hydrogens is 176 g/mol. The van der Waals surface area contributed by atoms with Crippen LogP contribution in [-0.4, -0.2) is 23.7 Å². The molecule has 0 heterocycles. The van der Waals surface area contributed by atoms with Crippen LogP contribution in [0.3, 0.4) is 0 Å². The van der Waals surface area contributed by atoms with Gasteiger partial charge < -0.3 is 10.8 Å². The molecule has 3 N–H and O–H groups in total. The van der Waals surface area contributed by atoms with Crippen molar-refractivity contribution in [1.29, 1.82) is 0 Å². The van der Waals surface area contributed by atoms with Gasteiger partial charge in [-0.15, -0.1) is 0 Å². The van der Waals surface area contributed by atoms with Gasteiger partial charge in [0.05, 0.1) is 6.61 Å². The van der Waals surface area contributed by atoms with Crippen LogP contribution in [0.5, 0.6) is 0 Å². The van der Waals surface area contributed by atoms with Crippen LogP contribution in [0.4, 0.5) is 8.78 Å². The zero-order valence-electron chi connectivity index (χ0n) is 7.68. The third kappa shape index (κ3) is 3.56. The van der Waals surface area contributed by atoms with E-state index in [1.54, 1.807) is 0 Å². The Morgan fingerprint density at radius 3 is 2.38 bits per heavy atom. The van der Waals surface area contributed by atoms with Crippen molar-refractivity contribution in [1.82, 2.24) is 0 Å². The Morgan fingerprint density at radius 1 is 1.38 bits per heavy atom. The number of alkyl halides is 2. The Hall–Kier alpha value is -0.220. The highest BCUT2D eigenvalue weighted by molar-refractivity contribution is 4.79. The van der Waals surface area contributed by atoms with Crippen molar-refractivity contribution in [3.63, 3.8) is 0 Å². The van der Waals surface area contributed by atoms with Crippen LogP contribution in [-0.2, 0) is 0 Å². The molecule has 1 aliphatic rings. The van der Waals surface area contributed by atoms with E-state index in [4.69, 9.17) is 10.8 Å². The van der Waals surface area contributed by atoms with Crippen LogP contribution in [0.1, 0.15) is 32.1 Å². The monoisotopic (exact) mass is 193 g/mol. The normalized spacial score (nSPS) is 25.8. The lowest BCUT2D eigenvalue weighted by Crippen LogP contribution is -2.31. The largest absolute Gasteiger partial charge is 0.395 e. The molecule has 0 amide bonds. The lowest BCUT2D eigenvalue weighted by atomic mass is 9.83. The number of halogens is 2. The minimum Gasteiger partial charge on any atom is -0.395 e. The van der Waals surface area contributed by atoms with Gasteiger partial charge in [-0.25, -0.2) is 8.78 Å². The van der Waals surface area contributed by atoms with Crippen LogP contribution in [0.2, 0.25) is 0 Å². The summed E-state index contributed by atoms with van der Waals surface area (Å²) < 4.78 is 25.4. The average Bonchev–Trinajstić information content (AvgIpc) is 2.08. The molecule has 0 radical (unpaired) electrons. The molecule has 1 atom stereocenters. The summed E-state index contributed by atoms with van der Waals surface area (Å²) in [7, 11) is 0. The average molecular weight is 193 g/mol. The second-order valence-corrected chi connectivity index (χ2v) is 3.98. The van der Waals surface area contributed by atoms with Crippen molar-refractivity contribution >= 4 is 0 Å². The van der Waals surface area contributed by atoms with Crippen molar-refractivity contribution < 1.29 is 13.9 Å². The van der Waals surface area contributed by atoms with Crippen LogP contribution < -0.4 is 5.73 Å². The zero-order valence-corrected chi connectivity index (χ0v) is 7.68. The number of nitrogens with two attached hydrogens (primary N) is 1. The van der Waals surface area contributed by atoms with Gasteiger partial charge in [0.2, 0.25) is 5.92 Å². The van der Waals surface area contributed by atoms with E-state index >= 15 is 0 Å². The second kappa shape index (κ2) is 4.33. The summed E-state index contributed by atoms with van der Waals surface area (Å²) in [5.74, 6) is -2.18. The lowest BCUT2D eigenvalue weighted by molar-refractivity contribution is -0.0474. The summed E-state index contributed by atoms with van der Waals surface area (Å²) in [6, 6.07) is -0.239. The molecule has 1 fully saturated rings. The molecule has 4 heteroatoms. The molecular formula is C9H17F2NO. The van der Waals surface area contributed by atoms with E-state index in [0.29, 0.717) is 19.3 Å². The van der Waals surface area contributed by atoms with Crippen LogP contribution in [0.15, 0.2) is 0 Å². The summed E-state index contributed by atoms with van der Waals surface area (Å²) in [6.07, 6.45) is 1.72. The maximum Gasteiger partial charge on any atom is 0.248 e. The minimum absolute atomic E-state index is 0.0180. The number of aliphatic hydroxyl groups excluding tert-OH is 1. The number of hydrogen-bond acceptors (Lipinski definition) is 2. The molecule has 78 valence electrons. The predicted octanol–water partition coefficient (Wildman–Crippen LogP) is 1.52. The fourth-order valence-electron chi connectivity index (χ4n) is 1.84. The quantitative estimate of drug-likeness (QED) is 0.713. The van der Waals surface area contributed by atoms with Gasteiger partial charge in [-0.05, 0) is 25.2 Å². The summed E-state index contributed by atoms with van der Waals surface area (Å²) in [4.78, 5) is 0. The second-order valence-electron chi connectivity index (χ2n) is 3.98. The van der Waals surface area contributed by atoms with Gasteiger partial charge in [-0.1, -0.05) is 0 Å². The van der Waals surface area contributed by atoms with Crippen molar-refractivity contribution in [2.24, 2.45) is 11.7 Å². The highest BCUT2D eigenvalue weighted by Crippen LogP contribution is 2.37. The van der Waals surface area contributed by atoms with E-state index in [1.165, 1.54) is 0 Å². The number of rotatable bonds is 3. The van der Waals surface area contributed by atoms with Crippen molar-refractivity contribution in [3.8, 4) is 0 Å². The third-order valence-corrected chi connectivity index (χ3v) is 2.71. The molecule has 1 saturated carbocycles. The SMILES string of the molecule is N[C@H](CO)CC1CCC(F)(F)CC1. The standard InChI is InChI=1S/C9H17F2NO/c10-9(11)3-1-7(2-4-9)5-8(12)6-13/h7-8,13H,1-6,12H2/t8-/m0/s1. The first-order valence-electron chi connectivity index (χ1n) is 4.78. The topological polar surface area (TPSA) is 46.2 Å². The Balaban J connectivity index is 2.25. The van der Waals surface area contributed by atoms with E-state index in [2.05, 4.69) is 0 Å². The van der Waals surface area contributed by atoms with Gasteiger partial charge in [-0.3, -0.25) is 0 Å². The molecule has 0 aromatic rings. The fraction of sp³-hybridized carbons (Fsp3) is 1.00. The Kier molecular flexibility index (Phi) is 3.62. The van der Waals surface area contributed by atoms with Crippen molar-refractivity contribution in [2.45, 2.75) is 44.1 Å². The number of hydrogen-bond donors (Lipinski definition) is 2. The lowest BCUT2D eigenvalue weighted by Gasteiger charge is -2.29. The van der Waals surface area contributed by atoms with Gasteiger partial charge >= 0.3 is 0 Å². The first-order valence-corrected chi connectivity index (χ1v) is 4.78. The van der Waals surface area contributed by atoms with Gasteiger partial charge in [0.1, 0.15) is 0 Å². The number of aliphatic hydroxyl groups is 1. The zero-order chi connectivity index (χ0) is 9.90. The van der Waals surface area contributed by atoms with Gasteiger partial charge in [0.25, 0.3) is 0 Å². The molecule has 13 heavy (non-hydrogen) atoms. The molecule has 0 aliphatic heterocycles. The minimum atomic E-state index is -2.46. The molecule has 0 bridgehead atoms. The third-order valence-electron chi connectivity index (χ3n) is 2.71. The van der Waals surface area contributed by atoms with E-state index in [0.717, 1.165) is 0 Å². The molecule has 0 spiro atoms. The van der Waals surface area contributed by atoms with Gasteiger partial charge in [-0.2, -0.15) is 0 Å². The summed E-state index contributed by atoms with van der Waals surface area (Å²) in [5, 5.41) is 8.69. The van der Waals surface area contributed by atoms with Crippen molar-refractivity contribution in [2.75, 3.05) is 6.61 Å². The first kappa shape index (κ1) is 10.9. The Bertz CT molecular complexity index is 154. The van der Waals surface area contributed by atoms with Gasteiger partial charge in [0.15, 0.2) is 0 Å². The van der Waals surface area contributed by atoms with Crippen molar-refractivity contribution in [3.05, 3.63) is 0 Å². The maximum absolute atomic E-state index is 12.7. The maximum atomic E-state index is 12.7. The van der Waals surface area contributed by atoms with E-state index in [-0.39, 0.29) is 31.4 Å². The van der Waals surface area contributed by atoms with E-state index in [9.17, 15) is 8.78 Å². The Morgan fingerprint density at radius 2 is 1.92 bits per heavy atom. The summed E-state index contributed by atoms with van der Waals surface area (Å²) in [6.45, 7) is -0.0487. The first-order chi connectivity index (χ1) is 6.03. The molecule has 1 rings (SSSR count). The molecule has 1 aliphatic carbocycles. The predicted molar refractivity (Wildman–Crippen MR) is 46.6 cm³/mol. The van der Waals surface area contributed by atoms with Crippen LogP contribution in [0, 0.1) is 5.92 Å². The molecule has 0 aromatic heterocycles. The molecule has 0 aromatic carbocycles. The van der Waals surface area contributed by atoms with Crippen LogP contribution >= 0.6 is 0 Å². The van der Waals surface area contributed by atoms with Gasteiger partial charge in [0, 0.05) is 18.9 Å². The van der Waals surface area contributed by atoms with E-state index < -0.39 is 5.92 Å². The molecule has 0 unspecified atom stereocenters. The van der Waals surface area contributed by atoms with Crippen LogP contribution in [0.25, 0.3) is 0 Å². The fourth-order valence-corrected chi connectivity index (χ4v) is 1.84. The Labute approximate surface area is 77.1 Å². The highest BCUT2D eigenvalue weighted by Gasteiger charge is 2.34. The smallest absolute Gasteiger partial charge is 0.248 e. The molecule has 0 saturated heterocycles. The summed E-state index contributed by atoms with van der Waals surface area (Å²) >= 11 is 0. The molecule has 2 nitrogen and oxygen atoms in total. The summed E-state index contributed by atoms with van der Waals surface area (Å²) in [5.41, 5.74) is 5.53. The highest BCUT2D eigenvalue weighted by atomic mass is 19.3. The van der Waals surface area contributed by atoms with E-state index in [1.807, 2.05) is 0 Å².